The average Bonchev–Trinajstić information content (AvgIpc) is 2.91. The number of primary amides is 1. The first-order valence-electron chi connectivity index (χ1n) is 11.6. The van der Waals surface area contributed by atoms with Crippen molar-refractivity contribution in [1.29, 1.82) is 5.26 Å². The minimum Gasteiger partial charge on any atom is -0.350 e. The highest BCUT2D eigenvalue weighted by molar-refractivity contribution is 6.03. The maximum atomic E-state index is 13.5. The number of carbonyl (C=O) groups is 3. The molecule has 1 aliphatic heterocycles. The van der Waals surface area contributed by atoms with E-state index >= 15 is 0 Å². The Morgan fingerprint density at radius 1 is 1.00 bits per heavy atom. The van der Waals surface area contributed by atoms with Crippen molar-refractivity contribution in [3.63, 3.8) is 0 Å². The molecule has 4 amide bonds. The summed E-state index contributed by atoms with van der Waals surface area (Å²) in [5.41, 5.74) is 14.0. The van der Waals surface area contributed by atoms with Crippen LogP contribution in [-0.4, -0.2) is 40.8 Å². The molecule has 9 nitrogen and oxygen atoms in total. The molecule has 1 fully saturated rings. The van der Waals surface area contributed by atoms with Crippen molar-refractivity contribution in [2.24, 2.45) is 5.73 Å². The summed E-state index contributed by atoms with van der Waals surface area (Å²) < 4.78 is 0. The summed E-state index contributed by atoms with van der Waals surface area (Å²) in [4.78, 5) is 43.0. The molecule has 0 spiro atoms. The number of nitriles is 1. The molecule has 2 aromatic carbocycles. The van der Waals surface area contributed by atoms with Crippen LogP contribution in [0.5, 0.6) is 0 Å². The Labute approximate surface area is 208 Å². The van der Waals surface area contributed by atoms with Crippen LogP contribution in [0.25, 0.3) is 11.1 Å². The zero-order valence-corrected chi connectivity index (χ0v) is 19.8. The minimum atomic E-state index is -0.884. The van der Waals surface area contributed by atoms with Crippen molar-refractivity contribution in [3.05, 3.63) is 88.7 Å². The summed E-state index contributed by atoms with van der Waals surface area (Å²) in [5, 5.41) is 9.01. The van der Waals surface area contributed by atoms with Crippen LogP contribution in [0.1, 0.15) is 56.2 Å². The Morgan fingerprint density at radius 3 is 2.39 bits per heavy atom. The molecule has 36 heavy (non-hydrogen) atoms. The van der Waals surface area contributed by atoms with Crippen LogP contribution < -0.4 is 16.6 Å². The molecule has 1 aromatic heterocycles. The first-order valence-corrected chi connectivity index (χ1v) is 11.6. The molecule has 1 saturated heterocycles. The van der Waals surface area contributed by atoms with Gasteiger partial charge in [-0.15, -0.1) is 0 Å². The minimum absolute atomic E-state index is 0.0575. The van der Waals surface area contributed by atoms with Crippen molar-refractivity contribution in [2.75, 3.05) is 13.1 Å². The summed E-state index contributed by atoms with van der Waals surface area (Å²) in [6.07, 6.45) is 4.72. The number of piperidine rings is 1. The molecule has 0 saturated carbocycles. The molecule has 2 heterocycles. The van der Waals surface area contributed by atoms with Crippen LogP contribution in [0.4, 0.5) is 4.79 Å². The molecule has 9 heteroatoms. The van der Waals surface area contributed by atoms with E-state index in [1.807, 2.05) is 42.2 Å². The van der Waals surface area contributed by atoms with Crippen molar-refractivity contribution in [3.8, 4) is 17.2 Å². The number of likely N-dealkylation sites (tertiary alicyclic amines) is 1. The first kappa shape index (κ1) is 24.4. The van der Waals surface area contributed by atoms with Crippen LogP contribution in [0, 0.1) is 18.3 Å². The fourth-order valence-electron chi connectivity index (χ4n) is 4.57. The van der Waals surface area contributed by atoms with E-state index in [0.29, 0.717) is 41.3 Å². The van der Waals surface area contributed by atoms with Gasteiger partial charge in [-0.1, -0.05) is 24.3 Å². The normalized spacial score (nSPS) is 13.5. The fraction of sp³-hybridized carbons (Fsp3) is 0.222. The lowest BCUT2D eigenvalue weighted by Crippen LogP contribution is -2.44. The Kier molecular flexibility index (Phi) is 7.25. The summed E-state index contributed by atoms with van der Waals surface area (Å²) in [6, 6.07) is 15.9. The van der Waals surface area contributed by atoms with E-state index in [-0.39, 0.29) is 11.5 Å². The van der Waals surface area contributed by atoms with Gasteiger partial charge in [0.15, 0.2) is 0 Å². The number of pyridine rings is 1. The number of urea groups is 1. The van der Waals surface area contributed by atoms with Gasteiger partial charge in [-0.2, -0.15) is 5.26 Å². The van der Waals surface area contributed by atoms with Gasteiger partial charge in [0.2, 0.25) is 0 Å². The lowest BCUT2D eigenvalue weighted by atomic mass is 9.88. The number of benzene rings is 2. The van der Waals surface area contributed by atoms with Gasteiger partial charge in [0.25, 0.3) is 11.8 Å². The predicted octanol–water partition coefficient (Wildman–Crippen LogP) is 3.26. The molecule has 1 aliphatic rings. The van der Waals surface area contributed by atoms with Gasteiger partial charge in [0.1, 0.15) is 0 Å². The summed E-state index contributed by atoms with van der Waals surface area (Å²) in [5.74, 6) is -0.259. The molecule has 0 aliphatic carbocycles. The Balaban J connectivity index is 1.52. The van der Waals surface area contributed by atoms with Gasteiger partial charge >= 0.3 is 6.03 Å². The molecular formula is C27H26N6O3. The maximum Gasteiger partial charge on any atom is 0.330 e. The van der Waals surface area contributed by atoms with Crippen LogP contribution in [0.2, 0.25) is 0 Å². The molecular weight excluding hydrogens is 456 g/mol. The molecule has 0 atom stereocenters. The average molecular weight is 483 g/mol. The lowest BCUT2D eigenvalue weighted by Gasteiger charge is -2.33. The number of carbonyl (C=O) groups excluding carboxylic acids is 3. The van der Waals surface area contributed by atoms with E-state index in [0.717, 1.165) is 18.4 Å². The lowest BCUT2D eigenvalue weighted by molar-refractivity contribution is 0.0712. The zero-order valence-electron chi connectivity index (χ0n) is 19.8. The number of nitrogens with zero attached hydrogens (tertiary/aromatic N) is 3. The smallest absolute Gasteiger partial charge is 0.330 e. The van der Waals surface area contributed by atoms with Crippen molar-refractivity contribution < 1.29 is 14.4 Å². The molecule has 0 radical (unpaired) electrons. The van der Waals surface area contributed by atoms with Gasteiger partial charge in [0.05, 0.1) is 17.2 Å². The van der Waals surface area contributed by atoms with Crippen molar-refractivity contribution in [2.45, 2.75) is 25.7 Å². The molecule has 0 bridgehead atoms. The fourth-order valence-corrected chi connectivity index (χ4v) is 4.57. The van der Waals surface area contributed by atoms with Gasteiger partial charge in [-0.3, -0.25) is 20.0 Å². The third-order valence-electron chi connectivity index (χ3n) is 6.51. The van der Waals surface area contributed by atoms with Gasteiger partial charge in [0, 0.05) is 36.6 Å². The molecule has 0 unspecified atom stereocenters. The number of nitrogens with two attached hydrogens (primary N) is 1. The van der Waals surface area contributed by atoms with Crippen LogP contribution in [0.3, 0.4) is 0 Å². The SMILES string of the molecule is Cc1c(C(=O)N2CCC(c3ccc(C#N)cc3)CC2)cccc1-c1cnccc1C(=O)NNC(N)=O. The Bertz CT molecular complexity index is 1340. The number of nitrogens with one attached hydrogen (secondary N) is 2. The maximum absolute atomic E-state index is 13.5. The number of hydrazine groups is 1. The van der Waals surface area contributed by atoms with E-state index in [2.05, 4.69) is 21.9 Å². The van der Waals surface area contributed by atoms with E-state index in [4.69, 9.17) is 11.0 Å². The first-order chi connectivity index (χ1) is 17.4. The number of aromatic nitrogens is 1. The predicted molar refractivity (Wildman–Crippen MR) is 134 cm³/mol. The number of hydrogen-bond donors (Lipinski definition) is 3. The highest BCUT2D eigenvalue weighted by atomic mass is 16.2. The second-order valence-electron chi connectivity index (χ2n) is 8.64. The molecule has 4 rings (SSSR count). The zero-order chi connectivity index (χ0) is 25.7. The standard InChI is InChI=1S/C27H26N6O3/c1-17-21(24-16-30-12-9-23(24)25(34)31-32-27(29)36)3-2-4-22(17)26(35)33-13-10-20(11-14-33)19-7-5-18(15-28)6-8-19/h2-9,12,16,20H,10-11,13-14H2,1H3,(H,31,34)(H3,29,32,36). The third kappa shape index (κ3) is 5.18. The highest BCUT2D eigenvalue weighted by Crippen LogP contribution is 2.32. The third-order valence-corrected chi connectivity index (χ3v) is 6.51. The van der Waals surface area contributed by atoms with Gasteiger partial charge in [-0.05, 0) is 66.6 Å². The summed E-state index contributed by atoms with van der Waals surface area (Å²) >= 11 is 0. The van der Waals surface area contributed by atoms with Crippen LogP contribution in [0.15, 0.2) is 60.9 Å². The summed E-state index contributed by atoms with van der Waals surface area (Å²) in [7, 11) is 0. The largest absolute Gasteiger partial charge is 0.350 e. The second-order valence-corrected chi connectivity index (χ2v) is 8.64. The molecule has 3 aromatic rings. The highest BCUT2D eigenvalue weighted by Gasteiger charge is 2.26. The van der Waals surface area contributed by atoms with E-state index < -0.39 is 11.9 Å². The van der Waals surface area contributed by atoms with E-state index in [9.17, 15) is 14.4 Å². The van der Waals surface area contributed by atoms with Crippen molar-refractivity contribution in [1.82, 2.24) is 20.7 Å². The molecule has 4 N–H and O–H groups in total. The number of rotatable bonds is 4. The monoisotopic (exact) mass is 482 g/mol. The quantitative estimate of drug-likeness (QED) is 0.490. The topological polar surface area (TPSA) is 141 Å². The van der Waals surface area contributed by atoms with Crippen LogP contribution in [-0.2, 0) is 0 Å². The van der Waals surface area contributed by atoms with E-state index in [1.165, 1.54) is 17.8 Å². The van der Waals surface area contributed by atoms with Gasteiger partial charge < -0.3 is 10.6 Å². The summed E-state index contributed by atoms with van der Waals surface area (Å²) in [6.45, 7) is 3.11. The Hall–Kier alpha value is -4.71. The Morgan fingerprint density at radius 2 is 1.72 bits per heavy atom. The second kappa shape index (κ2) is 10.7. The molecule has 182 valence electrons. The van der Waals surface area contributed by atoms with E-state index in [1.54, 1.807) is 18.3 Å². The number of amides is 4. The van der Waals surface area contributed by atoms with Gasteiger partial charge in [-0.25, -0.2) is 10.2 Å². The van der Waals surface area contributed by atoms with Crippen molar-refractivity contribution >= 4 is 17.8 Å². The van der Waals surface area contributed by atoms with Crippen LogP contribution >= 0.6 is 0 Å². The number of hydrogen-bond acceptors (Lipinski definition) is 5.